The summed E-state index contributed by atoms with van der Waals surface area (Å²) >= 11 is 0. The number of benzene rings is 2. The van der Waals surface area contributed by atoms with Gasteiger partial charge in [0.2, 0.25) is 18.0 Å². The van der Waals surface area contributed by atoms with Crippen molar-refractivity contribution >= 4 is 11.8 Å². The zero-order valence-corrected chi connectivity index (χ0v) is 12.9. The second-order valence-corrected chi connectivity index (χ2v) is 5.47. The molecule has 1 aliphatic heterocycles. The van der Waals surface area contributed by atoms with E-state index in [0.29, 0.717) is 5.90 Å². The smallest absolute Gasteiger partial charge is 0.243 e. The Hall–Kier alpha value is -2.62. The van der Waals surface area contributed by atoms with Gasteiger partial charge in [-0.1, -0.05) is 42.0 Å². The van der Waals surface area contributed by atoms with Crippen LogP contribution in [0.2, 0.25) is 0 Å². The Kier molecular flexibility index (Phi) is 3.67. The number of hydrazone groups is 1. The van der Waals surface area contributed by atoms with Crippen LogP contribution in [-0.2, 0) is 9.53 Å². The van der Waals surface area contributed by atoms with E-state index >= 15 is 0 Å². The first-order valence-corrected chi connectivity index (χ1v) is 7.24. The predicted octanol–water partition coefficient (Wildman–Crippen LogP) is 3.54. The lowest BCUT2D eigenvalue weighted by molar-refractivity contribution is -0.135. The maximum absolute atomic E-state index is 11.9. The van der Waals surface area contributed by atoms with E-state index < -0.39 is 6.23 Å². The Morgan fingerprint density at radius 3 is 2.59 bits per heavy atom. The van der Waals surface area contributed by atoms with Gasteiger partial charge in [0.1, 0.15) is 0 Å². The highest BCUT2D eigenvalue weighted by atomic mass is 16.5. The van der Waals surface area contributed by atoms with Crippen LogP contribution >= 0.6 is 0 Å². The summed E-state index contributed by atoms with van der Waals surface area (Å²) < 4.78 is 6.00. The summed E-state index contributed by atoms with van der Waals surface area (Å²) in [7, 11) is 0. The van der Waals surface area contributed by atoms with E-state index in [2.05, 4.69) is 5.10 Å². The molecule has 0 saturated carbocycles. The third kappa shape index (κ3) is 2.60. The summed E-state index contributed by atoms with van der Waals surface area (Å²) in [5.74, 6) is 0.336. The highest BCUT2D eigenvalue weighted by Gasteiger charge is 2.33. The van der Waals surface area contributed by atoms with E-state index in [1.54, 1.807) is 0 Å². The van der Waals surface area contributed by atoms with Crippen molar-refractivity contribution in [2.75, 3.05) is 0 Å². The number of ether oxygens (including phenoxy) is 1. The maximum atomic E-state index is 11.9. The first-order chi connectivity index (χ1) is 10.6. The van der Waals surface area contributed by atoms with Crippen molar-refractivity contribution in [3.05, 3.63) is 70.8 Å². The molecular formula is C18H18N2O2. The van der Waals surface area contributed by atoms with E-state index in [9.17, 15) is 4.79 Å². The van der Waals surface area contributed by atoms with Crippen molar-refractivity contribution in [1.29, 1.82) is 0 Å². The molecule has 3 rings (SSSR count). The topological polar surface area (TPSA) is 41.9 Å². The van der Waals surface area contributed by atoms with Gasteiger partial charge in [0.15, 0.2) is 0 Å². The maximum Gasteiger partial charge on any atom is 0.243 e. The number of aryl methyl sites for hydroxylation is 2. The van der Waals surface area contributed by atoms with E-state index in [1.165, 1.54) is 11.9 Å². The molecule has 0 N–H and O–H groups in total. The molecule has 112 valence electrons. The minimum absolute atomic E-state index is 0.143. The van der Waals surface area contributed by atoms with Gasteiger partial charge in [-0.3, -0.25) is 4.79 Å². The molecule has 2 aromatic carbocycles. The molecule has 22 heavy (non-hydrogen) atoms. The SMILES string of the molecule is CC(=O)N1N=C(c2cccc(C)c2)O[C@@H]1c1ccccc1C. The van der Waals surface area contributed by atoms with Gasteiger partial charge >= 0.3 is 0 Å². The molecule has 0 fully saturated rings. The van der Waals surface area contributed by atoms with Crippen LogP contribution in [0.3, 0.4) is 0 Å². The number of amides is 1. The zero-order chi connectivity index (χ0) is 15.7. The fourth-order valence-electron chi connectivity index (χ4n) is 2.53. The molecule has 4 nitrogen and oxygen atoms in total. The molecule has 0 spiro atoms. The molecule has 1 heterocycles. The van der Waals surface area contributed by atoms with E-state index in [1.807, 2.05) is 62.4 Å². The van der Waals surface area contributed by atoms with Crippen molar-refractivity contribution in [3.8, 4) is 0 Å². The van der Waals surface area contributed by atoms with Gasteiger partial charge in [-0.15, -0.1) is 5.10 Å². The van der Waals surface area contributed by atoms with Crippen LogP contribution < -0.4 is 0 Å². The van der Waals surface area contributed by atoms with Crippen LogP contribution in [0.4, 0.5) is 0 Å². The van der Waals surface area contributed by atoms with Gasteiger partial charge in [-0.2, -0.15) is 5.01 Å². The van der Waals surface area contributed by atoms with Gasteiger partial charge < -0.3 is 4.74 Å². The molecule has 0 aromatic heterocycles. The molecule has 4 heteroatoms. The van der Waals surface area contributed by atoms with Crippen LogP contribution in [0.25, 0.3) is 0 Å². The molecule has 2 aromatic rings. The average molecular weight is 294 g/mol. The fraction of sp³-hybridized carbons (Fsp3) is 0.222. The van der Waals surface area contributed by atoms with Crippen molar-refractivity contribution < 1.29 is 9.53 Å². The Morgan fingerprint density at radius 2 is 1.91 bits per heavy atom. The summed E-state index contributed by atoms with van der Waals surface area (Å²) in [6.45, 7) is 5.51. The minimum Gasteiger partial charge on any atom is -0.446 e. The summed E-state index contributed by atoms with van der Waals surface area (Å²) in [6, 6.07) is 15.8. The van der Waals surface area contributed by atoms with Crippen LogP contribution in [0.15, 0.2) is 53.6 Å². The first kappa shape index (κ1) is 14.3. The van der Waals surface area contributed by atoms with Crippen LogP contribution in [0, 0.1) is 13.8 Å². The molecule has 0 unspecified atom stereocenters. The predicted molar refractivity (Wildman–Crippen MR) is 85.2 cm³/mol. The number of carbonyl (C=O) groups excluding carboxylic acids is 1. The first-order valence-electron chi connectivity index (χ1n) is 7.24. The van der Waals surface area contributed by atoms with E-state index in [4.69, 9.17) is 4.74 Å². The Labute approximate surface area is 130 Å². The van der Waals surface area contributed by atoms with Crippen molar-refractivity contribution in [1.82, 2.24) is 5.01 Å². The quantitative estimate of drug-likeness (QED) is 0.850. The summed E-state index contributed by atoms with van der Waals surface area (Å²) in [5.41, 5.74) is 4.02. The lowest BCUT2D eigenvalue weighted by atomic mass is 10.1. The number of hydrogen-bond donors (Lipinski definition) is 0. The van der Waals surface area contributed by atoms with E-state index in [-0.39, 0.29) is 5.91 Å². The highest BCUT2D eigenvalue weighted by molar-refractivity contribution is 5.96. The van der Waals surface area contributed by atoms with Crippen molar-refractivity contribution in [3.63, 3.8) is 0 Å². The van der Waals surface area contributed by atoms with Crippen LogP contribution in [0.1, 0.15) is 35.4 Å². The minimum atomic E-state index is -0.505. The molecule has 1 aliphatic rings. The molecule has 0 saturated heterocycles. The number of rotatable bonds is 2. The summed E-state index contributed by atoms with van der Waals surface area (Å²) in [5, 5.41) is 5.78. The summed E-state index contributed by atoms with van der Waals surface area (Å²) in [6.07, 6.45) is -0.505. The lowest BCUT2D eigenvalue weighted by Crippen LogP contribution is -2.25. The molecular weight excluding hydrogens is 276 g/mol. The van der Waals surface area contributed by atoms with Gasteiger partial charge in [0.05, 0.1) is 0 Å². The zero-order valence-electron chi connectivity index (χ0n) is 12.9. The normalized spacial score (nSPS) is 17.1. The molecule has 1 atom stereocenters. The largest absolute Gasteiger partial charge is 0.446 e. The Morgan fingerprint density at radius 1 is 1.14 bits per heavy atom. The fourth-order valence-corrected chi connectivity index (χ4v) is 2.53. The Balaban J connectivity index is 1.99. The lowest BCUT2D eigenvalue weighted by Gasteiger charge is -2.20. The third-order valence-electron chi connectivity index (χ3n) is 3.69. The average Bonchev–Trinajstić information content (AvgIpc) is 2.93. The molecule has 1 amide bonds. The monoisotopic (exact) mass is 294 g/mol. The highest BCUT2D eigenvalue weighted by Crippen LogP contribution is 2.31. The van der Waals surface area contributed by atoms with Gasteiger partial charge in [-0.25, -0.2) is 0 Å². The van der Waals surface area contributed by atoms with Crippen LogP contribution in [0.5, 0.6) is 0 Å². The molecule has 0 aliphatic carbocycles. The standard InChI is InChI=1S/C18H18N2O2/c1-12-7-6-9-15(11-12)17-19-20(14(3)21)18(22-17)16-10-5-4-8-13(16)2/h4-11,18H,1-3H3/t18-/m1/s1. The van der Waals surface area contributed by atoms with Crippen molar-refractivity contribution in [2.24, 2.45) is 5.10 Å². The van der Waals surface area contributed by atoms with Gasteiger partial charge in [-0.05, 0) is 31.5 Å². The summed E-state index contributed by atoms with van der Waals surface area (Å²) in [4.78, 5) is 11.9. The van der Waals surface area contributed by atoms with E-state index in [0.717, 1.165) is 22.3 Å². The van der Waals surface area contributed by atoms with Crippen molar-refractivity contribution in [2.45, 2.75) is 27.0 Å². The Bertz CT molecular complexity index is 752. The van der Waals surface area contributed by atoms with Crippen LogP contribution in [-0.4, -0.2) is 16.8 Å². The molecule has 0 bridgehead atoms. The third-order valence-corrected chi connectivity index (χ3v) is 3.69. The second kappa shape index (κ2) is 5.64. The number of hydrogen-bond acceptors (Lipinski definition) is 3. The number of nitrogens with zero attached hydrogens (tertiary/aromatic N) is 2. The second-order valence-electron chi connectivity index (χ2n) is 5.47. The molecule has 0 radical (unpaired) electrons. The van der Waals surface area contributed by atoms with Gasteiger partial charge in [0, 0.05) is 18.1 Å². The van der Waals surface area contributed by atoms with Gasteiger partial charge in [0.25, 0.3) is 0 Å². The number of carbonyl (C=O) groups is 1.